The Morgan fingerprint density at radius 3 is 2.66 bits per heavy atom. The van der Waals surface area contributed by atoms with E-state index in [4.69, 9.17) is 4.52 Å². The third-order valence-electron chi connectivity index (χ3n) is 6.00. The number of amides is 2. The van der Waals surface area contributed by atoms with Crippen LogP contribution in [0.5, 0.6) is 0 Å². The van der Waals surface area contributed by atoms with Gasteiger partial charge in [0.1, 0.15) is 40.9 Å². The van der Waals surface area contributed by atoms with Crippen LogP contribution in [0.1, 0.15) is 41.1 Å². The molecule has 0 radical (unpaired) electrons. The molecule has 10 nitrogen and oxygen atoms in total. The molecule has 1 fully saturated rings. The number of carbonyl (C=O) groups is 2. The quantitative estimate of drug-likeness (QED) is 0.457. The molecular weight excluding hydrogens is 407 g/mol. The maximum Gasteiger partial charge on any atom is 0.274 e. The van der Waals surface area contributed by atoms with Gasteiger partial charge in [0.2, 0.25) is 5.91 Å². The van der Waals surface area contributed by atoms with E-state index in [0.29, 0.717) is 24.4 Å². The standard InChI is InChI=1S/C19H22B3N7O3/c20-19(21,22)28-15-11(2-1-7-23-15)3-4-12(17(28)31)26-16(30)13-10-14(32-27-13)18(5-6-18)29-24-8-9-25-29/h1-2,7-10,12H,3-6,20-22H2,(H,26,30)/t12-/m0/s1. The molecule has 32 heavy (non-hydrogen) atoms. The second kappa shape index (κ2) is 7.35. The lowest BCUT2D eigenvalue weighted by atomic mass is 9.48. The predicted octanol–water partition coefficient (Wildman–Crippen LogP) is -2.21. The van der Waals surface area contributed by atoms with Crippen LogP contribution < -0.4 is 10.2 Å². The van der Waals surface area contributed by atoms with Gasteiger partial charge in [-0.1, -0.05) is 11.2 Å². The van der Waals surface area contributed by atoms with Crippen LogP contribution in [0, 0.1) is 0 Å². The zero-order valence-electron chi connectivity index (χ0n) is 18.3. The molecule has 4 heterocycles. The van der Waals surface area contributed by atoms with Crippen molar-refractivity contribution in [3.63, 3.8) is 0 Å². The van der Waals surface area contributed by atoms with Crippen molar-refractivity contribution >= 4 is 41.2 Å². The molecule has 0 saturated heterocycles. The molecule has 1 saturated carbocycles. The summed E-state index contributed by atoms with van der Waals surface area (Å²) in [6.07, 6.45) is 7.62. The number of hydrogen-bond acceptors (Lipinski definition) is 7. The van der Waals surface area contributed by atoms with Gasteiger partial charge in [0.05, 0.1) is 12.4 Å². The van der Waals surface area contributed by atoms with Crippen molar-refractivity contribution in [1.82, 2.24) is 30.5 Å². The van der Waals surface area contributed by atoms with Gasteiger partial charge in [-0.3, -0.25) is 9.59 Å². The molecule has 1 aliphatic carbocycles. The number of anilines is 1. The second-order valence-electron chi connectivity index (χ2n) is 9.32. The minimum atomic E-state index is -0.696. The van der Waals surface area contributed by atoms with Crippen molar-refractivity contribution in [3.05, 3.63) is 53.8 Å². The average Bonchev–Trinajstić information content (AvgIpc) is 3.17. The van der Waals surface area contributed by atoms with E-state index in [1.807, 2.05) is 35.7 Å². The molecule has 3 aromatic heterocycles. The third-order valence-corrected chi connectivity index (χ3v) is 6.00. The second-order valence-corrected chi connectivity index (χ2v) is 9.32. The number of fused-ring (bicyclic) bond motifs is 1. The molecular formula is C19H22B3N7O3. The fourth-order valence-corrected chi connectivity index (χ4v) is 4.23. The number of hydrogen-bond donors (Lipinski definition) is 1. The van der Waals surface area contributed by atoms with E-state index in [-0.39, 0.29) is 11.6 Å². The Kier molecular flexibility index (Phi) is 4.72. The van der Waals surface area contributed by atoms with Crippen LogP contribution in [0.15, 0.2) is 41.3 Å². The number of pyridine rings is 1. The molecule has 0 aromatic carbocycles. The molecule has 0 spiro atoms. The maximum atomic E-state index is 13.5. The maximum absolute atomic E-state index is 13.5. The van der Waals surface area contributed by atoms with E-state index in [1.54, 1.807) is 34.4 Å². The summed E-state index contributed by atoms with van der Waals surface area (Å²) < 4.78 is 5.49. The van der Waals surface area contributed by atoms with Gasteiger partial charge in [0.25, 0.3) is 5.91 Å². The first-order chi connectivity index (χ1) is 15.3. The SMILES string of the molecule is BC(B)(B)N1C(=O)[C@@H](NC(=O)c2cc(C3(n4nccn4)CC3)on2)CCc2cccnc21. The van der Waals surface area contributed by atoms with Crippen LogP contribution in [-0.2, 0) is 16.8 Å². The first kappa shape index (κ1) is 20.5. The normalized spacial score (nSPS) is 19.8. The summed E-state index contributed by atoms with van der Waals surface area (Å²) in [6, 6.07) is 4.76. The molecule has 13 heteroatoms. The Morgan fingerprint density at radius 2 is 1.97 bits per heavy atom. The smallest absolute Gasteiger partial charge is 0.274 e. The summed E-state index contributed by atoms with van der Waals surface area (Å²) in [5.74, 6) is 0.550. The Bertz CT molecular complexity index is 1170. The van der Waals surface area contributed by atoms with Crippen molar-refractivity contribution in [2.45, 2.75) is 42.5 Å². The zero-order valence-corrected chi connectivity index (χ0v) is 18.3. The molecule has 3 aromatic rings. The van der Waals surface area contributed by atoms with Crippen LogP contribution in [-0.4, -0.2) is 71.8 Å². The summed E-state index contributed by atoms with van der Waals surface area (Å²) in [7, 11) is 5.86. The topological polar surface area (TPSA) is 119 Å². The number of rotatable bonds is 5. The summed E-state index contributed by atoms with van der Waals surface area (Å²) in [4.78, 5) is 34.2. The predicted molar refractivity (Wildman–Crippen MR) is 122 cm³/mol. The first-order valence-corrected chi connectivity index (χ1v) is 10.7. The molecule has 5 rings (SSSR count). The van der Waals surface area contributed by atoms with Crippen LogP contribution in [0.2, 0.25) is 0 Å². The van der Waals surface area contributed by atoms with Gasteiger partial charge in [-0.05, 0) is 42.6 Å². The van der Waals surface area contributed by atoms with Crippen molar-refractivity contribution in [3.8, 4) is 0 Å². The Labute approximate surface area is 187 Å². The van der Waals surface area contributed by atoms with Gasteiger partial charge in [-0.25, -0.2) is 4.98 Å². The lowest BCUT2D eigenvalue weighted by molar-refractivity contribution is -0.120. The van der Waals surface area contributed by atoms with Crippen LogP contribution in [0.25, 0.3) is 0 Å². The van der Waals surface area contributed by atoms with Crippen molar-refractivity contribution in [2.75, 3.05) is 4.90 Å². The van der Waals surface area contributed by atoms with Crippen molar-refractivity contribution < 1.29 is 14.1 Å². The van der Waals surface area contributed by atoms with Crippen molar-refractivity contribution in [2.24, 2.45) is 0 Å². The number of aromatic nitrogens is 5. The molecule has 1 N–H and O–H groups in total. The zero-order chi connectivity index (χ0) is 22.5. The van der Waals surface area contributed by atoms with E-state index >= 15 is 0 Å². The minimum Gasteiger partial charge on any atom is -0.358 e. The third kappa shape index (κ3) is 3.41. The number of aryl methyl sites for hydroxylation is 1. The summed E-state index contributed by atoms with van der Waals surface area (Å²) in [5, 5.41) is 14.7. The summed E-state index contributed by atoms with van der Waals surface area (Å²) >= 11 is 0. The van der Waals surface area contributed by atoms with E-state index in [9.17, 15) is 9.59 Å². The number of carbonyl (C=O) groups excluding carboxylic acids is 2. The molecule has 0 unspecified atom stereocenters. The van der Waals surface area contributed by atoms with Gasteiger partial charge in [-0.2, -0.15) is 15.0 Å². The Balaban J connectivity index is 1.37. The highest BCUT2D eigenvalue weighted by atomic mass is 16.5. The molecule has 160 valence electrons. The van der Waals surface area contributed by atoms with E-state index in [0.717, 1.165) is 18.4 Å². The Hall–Kier alpha value is -3.37. The number of nitrogens with zero attached hydrogens (tertiary/aromatic N) is 6. The van der Waals surface area contributed by atoms with Gasteiger partial charge >= 0.3 is 0 Å². The first-order valence-electron chi connectivity index (χ1n) is 10.7. The van der Waals surface area contributed by atoms with Gasteiger partial charge < -0.3 is 14.7 Å². The monoisotopic (exact) mass is 429 g/mol. The molecule has 1 atom stereocenters. The van der Waals surface area contributed by atoms with Crippen LogP contribution >= 0.6 is 0 Å². The molecule has 1 aliphatic heterocycles. The fourth-order valence-electron chi connectivity index (χ4n) is 4.23. The molecule has 0 bridgehead atoms. The lowest BCUT2D eigenvalue weighted by Crippen LogP contribution is -2.59. The van der Waals surface area contributed by atoms with E-state index in [2.05, 4.69) is 25.7 Å². The van der Waals surface area contributed by atoms with Crippen LogP contribution in [0.3, 0.4) is 0 Å². The van der Waals surface area contributed by atoms with Crippen LogP contribution in [0.4, 0.5) is 5.82 Å². The highest BCUT2D eigenvalue weighted by Gasteiger charge is 2.52. The highest BCUT2D eigenvalue weighted by Crippen LogP contribution is 2.48. The Morgan fingerprint density at radius 1 is 1.22 bits per heavy atom. The van der Waals surface area contributed by atoms with Crippen molar-refractivity contribution in [1.29, 1.82) is 0 Å². The minimum absolute atomic E-state index is 0.133. The van der Waals surface area contributed by atoms with E-state index in [1.165, 1.54) is 0 Å². The highest BCUT2D eigenvalue weighted by molar-refractivity contribution is 6.62. The van der Waals surface area contributed by atoms with Gasteiger partial charge in [0, 0.05) is 12.3 Å². The average molecular weight is 429 g/mol. The number of nitrogens with one attached hydrogen (secondary N) is 1. The van der Waals surface area contributed by atoms with E-state index < -0.39 is 22.7 Å². The fraction of sp³-hybridized carbons (Fsp3) is 0.368. The molecule has 2 aliphatic rings. The summed E-state index contributed by atoms with van der Waals surface area (Å²) in [5.41, 5.74) is 0.635. The largest absolute Gasteiger partial charge is 0.358 e. The summed E-state index contributed by atoms with van der Waals surface area (Å²) in [6.45, 7) is 0. The van der Waals surface area contributed by atoms with Gasteiger partial charge in [0.15, 0.2) is 11.5 Å². The molecule has 2 amide bonds. The van der Waals surface area contributed by atoms with Gasteiger partial charge in [-0.15, -0.1) is 0 Å². The lowest BCUT2D eigenvalue weighted by Gasteiger charge is -2.37.